The predicted molar refractivity (Wildman–Crippen MR) is 93.2 cm³/mol. The van der Waals surface area contributed by atoms with Gasteiger partial charge in [-0.05, 0) is 62.6 Å². The molecule has 0 aliphatic carbocycles. The molecule has 0 radical (unpaired) electrons. The Morgan fingerprint density at radius 2 is 1.62 bits per heavy atom. The summed E-state index contributed by atoms with van der Waals surface area (Å²) in [6.45, 7) is 11.7. The number of nitrogens with zero attached hydrogens (tertiary/aromatic N) is 1. The largest absolute Gasteiger partial charge is 0.381 e. The quantitative estimate of drug-likeness (QED) is 0.821. The molecular weight excluding hydrogens is 256 g/mol. The summed E-state index contributed by atoms with van der Waals surface area (Å²) in [5, 5.41) is 3.55. The molecule has 21 heavy (non-hydrogen) atoms. The zero-order valence-corrected chi connectivity index (χ0v) is 13.6. The van der Waals surface area contributed by atoms with E-state index in [4.69, 9.17) is 0 Å². The van der Waals surface area contributed by atoms with Crippen molar-refractivity contribution in [1.29, 1.82) is 0 Å². The summed E-state index contributed by atoms with van der Waals surface area (Å²) in [6.07, 6.45) is 0. The summed E-state index contributed by atoms with van der Waals surface area (Å²) in [7, 11) is 0. The van der Waals surface area contributed by atoms with Crippen molar-refractivity contribution < 1.29 is 0 Å². The van der Waals surface area contributed by atoms with Crippen LogP contribution in [0.25, 0.3) is 0 Å². The van der Waals surface area contributed by atoms with Crippen molar-refractivity contribution in [3.05, 3.63) is 59.2 Å². The number of benzene rings is 2. The van der Waals surface area contributed by atoms with E-state index in [1.807, 2.05) is 0 Å². The average Bonchev–Trinajstić information content (AvgIpc) is 2.49. The Balaban J connectivity index is 2.09. The van der Waals surface area contributed by atoms with Crippen LogP contribution < -0.4 is 10.2 Å². The molecule has 0 amide bonds. The van der Waals surface area contributed by atoms with E-state index in [1.165, 1.54) is 28.1 Å². The summed E-state index contributed by atoms with van der Waals surface area (Å²) in [4.78, 5) is 2.37. The van der Waals surface area contributed by atoms with Gasteiger partial charge in [-0.2, -0.15) is 0 Å². The molecule has 0 saturated heterocycles. The van der Waals surface area contributed by atoms with Gasteiger partial charge in [0, 0.05) is 31.0 Å². The molecule has 1 N–H and O–H groups in total. The van der Waals surface area contributed by atoms with Gasteiger partial charge in [0.1, 0.15) is 0 Å². The minimum absolute atomic E-state index is 0.873. The fraction of sp³-hybridized carbons (Fsp3) is 0.368. The lowest BCUT2D eigenvalue weighted by Crippen LogP contribution is -2.21. The van der Waals surface area contributed by atoms with Gasteiger partial charge in [0.15, 0.2) is 0 Å². The smallest absolute Gasteiger partial charge is 0.0403 e. The highest BCUT2D eigenvalue weighted by molar-refractivity contribution is 5.60. The molecule has 0 unspecified atom stereocenters. The lowest BCUT2D eigenvalue weighted by atomic mass is 10.1. The van der Waals surface area contributed by atoms with Crippen LogP contribution in [0.3, 0.4) is 0 Å². The van der Waals surface area contributed by atoms with E-state index in [-0.39, 0.29) is 0 Å². The Morgan fingerprint density at radius 3 is 2.24 bits per heavy atom. The monoisotopic (exact) mass is 282 g/mol. The van der Waals surface area contributed by atoms with Crippen LogP contribution in [0.5, 0.6) is 0 Å². The molecule has 2 nitrogen and oxygen atoms in total. The molecule has 0 aliphatic rings. The maximum atomic E-state index is 3.55. The van der Waals surface area contributed by atoms with E-state index in [0.717, 1.165) is 19.6 Å². The van der Waals surface area contributed by atoms with Gasteiger partial charge in [-0.15, -0.1) is 0 Å². The Labute approximate surface area is 128 Å². The van der Waals surface area contributed by atoms with Gasteiger partial charge in [0.25, 0.3) is 0 Å². The molecule has 0 saturated carbocycles. The summed E-state index contributed by atoms with van der Waals surface area (Å²) in [6, 6.07) is 15.2. The van der Waals surface area contributed by atoms with Crippen LogP contribution in [-0.2, 0) is 6.54 Å². The number of hydrogen-bond donors (Lipinski definition) is 1. The average molecular weight is 282 g/mol. The van der Waals surface area contributed by atoms with Crippen molar-refractivity contribution in [3.8, 4) is 0 Å². The molecule has 2 rings (SSSR count). The molecule has 0 bridgehead atoms. The Hall–Kier alpha value is -1.96. The Morgan fingerprint density at radius 1 is 0.905 bits per heavy atom. The number of rotatable bonds is 6. The molecule has 0 fully saturated rings. The van der Waals surface area contributed by atoms with Crippen LogP contribution in [0.1, 0.15) is 30.5 Å². The fourth-order valence-corrected chi connectivity index (χ4v) is 2.63. The normalized spacial score (nSPS) is 10.5. The second kappa shape index (κ2) is 7.16. The van der Waals surface area contributed by atoms with Crippen molar-refractivity contribution in [2.75, 3.05) is 23.3 Å². The van der Waals surface area contributed by atoms with Crippen molar-refractivity contribution in [2.24, 2.45) is 0 Å². The summed E-state index contributed by atoms with van der Waals surface area (Å²) in [5.74, 6) is 0. The number of anilines is 2. The highest BCUT2D eigenvalue weighted by atomic mass is 15.1. The van der Waals surface area contributed by atoms with Crippen LogP contribution in [0.15, 0.2) is 42.5 Å². The number of nitrogens with one attached hydrogen (secondary N) is 1. The van der Waals surface area contributed by atoms with Crippen molar-refractivity contribution >= 4 is 11.4 Å². The molecule has 0 aromatic heterocycles. The minimum Gasteiger partial charge on any atom is -0.381 e. The second-order valence-corrected chi connectivity index (χ2v) is 5.45. The molecule has 0 heterocycles. The molecule has 0 aliphatic heterocycles. The first-order chi connectivity index (χ1) is 10.2. The third-order valence-corrected chi connectivity index (χ3v) is 4.07. The van der Waals surface area contributed by atoms with E-state index in [1.54, 1.807) is 0 Å². The van der Waals surface area contributed by atoms with Gasteiger partial charge in [0.2, 0.25) is 0 Å². The Kier molecular flexibility index (Phi) is 5.26. The summed E-state index contributed by atoms with van der Waals surface area (Å²) < 4.78 is 0. The van der Waals surface area contributed by atoms with Crippen molar-refractivity contribution in [3.63, 3.8) is 0 Å². The topological polar surface area (TPSA) is 15.3 Å². The Bertz CT molecular complexity index is 586. The van der Waals surface area contributed by atoms with E-state index >= 15 is 0 Å². The highest BCUT2D eigenvalue weighted by Crippen LogP contribution is 2.23. The van der Waals surface area contributed by atoms with Crippen LogP contribution in [0.4, 0.5) is 11.4 Å². The predicted octanol–water partition coefficient (Wildman–Crippen LogP) is 4.76. The second-order valence-electron chi connectivity index (χ2n) is 5.45. The lowest BCUT2D eigenvalue weighted by Gasteiger charge is -2.22. The van der Waals surface area contributed by atoms with Crippen LogP contribution >= 0.6 is 0 Å². The molecule has 112 valence electrons. The molecule has 0 spiro atoms. The van der Waals surface area contributed by atoms with E-state index in [9.17, 15) is 0 Å². The van der Waals surface area contributed by atoms with Gasteiger partial charge in [-0.3, -0.25) is 0 Å². The van der Waals surface area contributed by atoms with Crippen LogP contribution in [-0.4, -0.2) is 13.1 Å². The molecule has 2 aromatic carbocycles. The van der Waals surface area contributed by atoms with Crippen molar-refractivity contribution in [1.82, 2.24) is 0 Å². The van der Waals surface area contributed by atoms with Crippen LogP contribution in [0.2, 0.25) is 0 Å². The first kappa shape index (κ1) is 15.4. The van der Waals surface area contributed by atoms with E-state index in [0.29, 0.717) is 0 Å². The van der Waals surface area contributed by atoms with E-state index in [2.05, 4.69) is 80.4 Å². The van der Waals surface area contributed by atoms with Crippen LogP contribution in [0, 0.1) is 13.8 Å². The van der Waals surface area contributed by atoms with Gasteiger partial charge >= 0.3 is 0 Å². The third-order valence-electron chi connectivity index (χ3n) is 4.07. The van der Waals surface area contributed by atoms with E-state index < -0.39 is 0 Å². The lowest BCUT2D eigenvalue weighted by molar-refractivity contribution is 0.865. The SMILES string of the molecule is CCN(CC)c1ccc(NCc2ccccc2C)c(C)c1. The van der Waals surface area contributed by atoms with Gasteiger partial charge in [-0.25, -0.2) is 0 Å². The van der Waals surface area contributed by atoms with Gasteiger partial charge in [-0.1, -0.05) is 24.3 Å². The molecule has 2 aromatic rings. The zero-order valence-electron chi connectivity index (χ0n) is 13.6. The maximum Gasteiger partial charge on any atom is 0.0403 e. The standard InChI is InChI=1S/C19H26N2/c1-5-21(6-2)18-11-12-19(16(4)13-18)20-14-17-10-8-7-9-15(17)3/h7-13,20H,5-6,14H2,1-4H3. The number of aryl methyl sites for hydroxylation is 2. The first-order valence-electron chi connectivity index (χ1n) is 7.79. The third kappa shape index (κ3) is 3.78. The highest BCUT2D eigenvalue weighted by Gasteiger charge is 2.05. The summed E-state index contributed by atoms with van der Waals surface area (Å²) in [5.41, 5.74) is 6.51. The molecular formula is C19H26N2. The maximum absolute atomic E-state index is 3.55. The first-order valence-corrected chi connectivity index (χ1v) is 7.79. The van der Waals surface area contributed by atoms with Gasteiger partial charge < -0.3 is 10.2 Å². The molecule has 2 heteroatoms. The number of hydrogen-bond acceptors (Lipinski definition) is 2. The summed E-state index contributed by atoms with van der Waals surface area (Å²) >= 11 is 0. The zero-order chi connectivity index (χ0) is 15.2. The minimum atomic E-state index is 0.873. The molecule has 0 atom stereocenters. The van der Waals surface area contributed by atoms with Crippen molar-refractivity contribution in [2.45, 2.75) is 34.2 Å². The fourth-order valence-electron chi connectivity index (χ4n) is 2.63. The van der Waals surface area contributed by atoms with Gasteiger partial charge in [0.05, 0.1) is 0 Å².